The van der Waals surface area contributed by atoms with Gasteiger partial charge in [0, 0.05) is 0 Å². The van der Waals surface area contributed by atoms with Gasteiger partial charge >= 0.3 is 23.9 Å². The van der Waals surface area contributed by atoms with E-state index < -0.39 is 59.4 Å². The molecule has 2 aliphatic rings. The number of fused-ring (bicyclic) bond motifs is 2. The predicted octanol–water partition coefficient (Wildman–Crippen LogP) is -0.561. The maximum Gasteiger partial charge on any atom is 0.307 e. The lowest BCUT2D eigenvalue weighted by Gasteiger charge is -2.33. The average Bonchev–Trinajstić information content (AvgIpc) is 2.81. The van der Waals surface area contributed by atoms with Crippen LogP contribution in [0, 0.1) is 35.5 Å². The fourth-order valence-corrected chi connectivity index (χ4v) is 3.76. The van der Waals surface area contributed by atoms with Crippen LogP contribution in [-0.4, -0.2) is 44.3 Å². The molecule has 2 rings (SSSR count). The minimum Gasteiger partial charge on any atom is -0.481 e. The molecule has 0 radical (unpaired) electrons. The van der Waals surface area contributed by atoms with Gasteiger partial charge < -0.3 is 20.4 Å². The highest BCUT2D eigenvalue weighted by molar-refractivity contribution is 5.88. The smallest absolute Gasteiger partial charge is 0.307 e. The Balaban J connectivity index is 2.45. The van der Waals surface area contributed by atoms with Crippen LogP contribution in [0.15, 0.2) is 0 Å². The van der Waals surface area contributed by atoms with Crippen LogP contribution in [0.3, 0.4) is 0 Å². The van der Waals surface area contributed by atoms with Crippen LogP contribution in [0.4, 0.5) is 0 Å². The molecule has 4 N–H and O–H groups in total. The second kappa shape index (κ2) is 4.22. The third kappa shape index (κ3) is 1.74. The van der Waals surface area contributed by atoms with Gasteiger partial charge in [-0.3, -0.25) is 19.2 Å². The standard InChI is InChI=1S/C11H12O8/c12-8(13)4-2-1-3(6(4)10(16)17)7(11(18)19)5(2)9(14)15/h2-7H,1H2,(H,12,13)(H,14,15)(H,16,17)(H,18,19). The molecule has 2 fully saturated rings. The molecule has 0 aliphatic heterocycles. The van der Waals surface area contributed by atoms with E-state index >= 15 is 0 Å². The van der Waals surface area contributed by atoms with Crippen LogP contribution < -0.4 is 0 Å². The van der Waals surface area contributed by atoms with E-state index in [9.17, 15) is 19.2 Å². The molecule has 4 unspecified atom stereocenters. The summed E-state index contributed by atoms with van der Waals surface area (Å²) < 4.78 is 0. The Morgan fingerprint density at radius 2 is 0.789 bits per heavy atom. The van der Waals surface area contributed by atoms with Crippen LogP contribution >= 0.6 is 0 Å². The maximum atomic E-state index is 11.1. The third-order valence-corrected chi connectivity index (χ3v) is 4.30. The average molecular weight is 272 g/mol. The fraction of sp³-hybridized carbons (Fsp3) is 0.636. The SMILES string of the molecule is O=C(O)C1C2CC(C1C(=O)O)C(C(=O)O)C2C(=O)O. The molecule has 4 atom stereocenters. The van der Waals surface area contributed by atoms with Crippen molar-refractivity contribution in [3.05, 3.63) is 0 Å². The molecule has 104 valence electrons. The molecule has 8 nitrogen and oxygen atoms in total. The molecule has 2 bridgehead atoms. The lowest BCUT2D eigenvalue weighted by atomic mass is 9.68. The second-order valence-electron chi connectivity index (χ2n) is 5.02. The van der Waals surface area contributed by atoms with E-state index in [1.54, 1.807) is 0 Å². The second-order valence-corrected chi connectivity index (χ2v) is 5.02. The van der Waals surface area contributed by atoms with E-state index in [-0.39, 0.29) is 6.42 Å². The molecule has 0 heterocycles. The Morgan fingerprint density at radius 1 is 0.579 bits per heavy atom. The number of carboxylic acids is 4. The van der Waals surface area contributed by atoms with Gasteiger partial charge in [0.1, 0.15) is 0 Å². The maximum absolute atomic E-state index is 11.1. The van der Waals surface area contributed by atoms with Crippen molar-refractivity contribution in [1.82, 2.24) is 0 Å². The minimum atomic E-state index is -1.38. The van der Waals surface area contributed by atoms with Crippen LogP contribution in [0.2, 0.25) is 0 Å². The highest BCUT2D eigenvalue weighted by Gasteiger charge is 2.66. The van der Waals surface area contributed by atoms with E-state index in [4.69, 9.17) is 20.4 Å². The molecule has 0 aromatic heterocycles. The summed E-state index contributed by atoms with van der Waals surface area (Å²) in [7, 11) is 0. The van der Waals surface area contributed by atoms with Gasteiger partial charge in [0.2, 0.25) is 0 Å². The van der Waals surface area contributed by atoms with Crippen molar-refractivity contribution in [2.24, 2.45) is 35.5 Å². The van der Waals surface area contributed by atoms with Crippen molar-refractivity contribution < 1.29 is 39.6 Å². The first-order valence-electron chi connectivity index (χ1n) is 5.68. The highest BCUT2D eigenvalue weighted by Crippen LogP contribution is 2.58. The van der Waals surface area contributed by atoms with Gasteiger partial charge in [-0.2, -0.15) is 0 Å². The van der Waals surface area contributed by atoms with Crippen LogP contribution in [-0.2, 0) is 19.2 Å². The zero-order chi connectivity index (χ0) is 14.5. The fourth-order valence-electron chi connectivity index (χ4n) is 3.76. The Kier molecular flexibility index (Phi) is 2.95. The van der Waals surface area contributed by atoms with Gasteiger partial charge in [-0.05, 0) is 18.3 Å². The van der Waals surface area contributed by atoms with E-state index in [1.165, 1.54) is 0 Å². The van der Waals surface area contributed by atoms with Gasteiger partial charge in [0.05, 0.1) is 23.7 Å². The minimum absolute atomic E-state index is 0.0157. The van der Waals surface area contributed by atoms with Crippen LogP contribution in [0.1, 0.15) is 6.42 Å². The number of carbonyl (C=O) groups is 4. The summed E-state index contributed by atoms with van der Waals surface area (Å²) in [6, 6.07) is 0. The van der Waals surface area contributed by atoms with Gasteiger partial charge in [-0.25, -0.2) is 0 Å². The zero-order valence-corrected chi connectivity index (χ0v) is 9.59. The summed E-state index contributed by atoms with van der Waals surface area (Å²) in [6.45, 7) is 0. The van der Waals surface area contributed by atoms with Crippen LogP contribution in [0.25, 0.3) is 0 Å². The normalized spacial score (nSPS) is 40.0. The summed E-state index contributed by atoms with van der Waals surface area (Å²) in [5, 5.41) is 36.3. The molecule has 0 amide bonds. The Bertz CT molecular complexity index is 387. The highest BCUT2D eigenvalue weighted by atomic mass is 16.4. The Labute approximate surface area is 106 Å². The molecule has 0 saturated heterocycles. The third-order valence-electron chi connectivity index (χ3n) is 4.30. The number of hydrogen-bond donors (Lipinski definition) is 4. The number of hydrogen-bond acceptors (Lipinski definition) is 4. The molecule has 19 heavy (non-hydrogen) atoms. The van der Waals surface area contributed by atoms with E-state index in [0.717, 1.165) is 0 Å². The lowest BCUT2D eigenvalue weighted by molar-refractivity contribution is -0.169. The van der Waals surface area contributed by atoms with Gasteiger partial charge in [0.25, 0.3) is 0 Å². The monoisotopic (exact) mass is 272 g/mol. The summed E-state index contributed by atoms with van der Waals surface area (Å²) in [6.07, 6.45) is 0.0157. The molecule has 0 spiro atoms. The van der Waals surface area contributed by atoms with E-state index in [2.05, 4.69) is 0 Å². The van der Waals surface area contributed by atoms with Crippen molar-refractivity contribution in [2.45, 2.75) is 6.42 Å². The zero-order valence-electron chi connectivity index (χ0n) is 9.59. The van der Waals surface area contributed by atoms with Crippen LogP contribution in [0.5, 0.6) is 0 Å². The van der Waals surface area contributed by atoms with Gasteiger partial charge in [0.15, 0.2) is 0 Å². The van der Waals surface area contributed by atoms with Gasteiger partial charge in [-0.1, -0.05) is 0 Å². The van der Waals surface area contributed by atoms with Crippen molar-refractivity contribution in [2.75, 3.05) is 0 Å². The molecular formula is C11H12O8. The summed E-state index contributed by atoms with van der Waals surface area (Å²) in [4.78, 5) is 44.6. The molecule has 2 saturated carbocycles. The quantitative estimate of drug-likeness (QED) is 0.532. The van der Waals surface area contributed by atoms with Crippen molar-refractivity contribution >= 4 is 23.9 Å². The molecule has 8 heteroatoms. The number of carboxylic acid groups (broad SMARTS) is 4. The summed E-state index contributed by atoms with van der Waals surface area (Å²) in [5.41, 5.74) is 0. The van der Waals surface area contributed by atoms with E-state index in [0.29, 0.717) is 0 Å². The Hall–Kier alpha value is -2.12. The first-order valence-corrected chi connectivity index (χ1v) is 5.68. The Morgan fingerprint density at radius 3 is 0.947 bits per heavy atom. The molecule has 0 aromatic rings. The van der Waals surface area contributed by atoms with Crippen molar-refractivity contribution in [3.8, 4) is 0 Å². The molecule has 0 aromatic carbocycles. The first kappa shape index (κ1) is 13.3. The first-order chi connectivity index (χ1) is 8.77. The van der Waals surface area contributed by atoms with E-state index in [1.807, 2.05) is 0 Å². The summed E-state index contributed by atoms with van der Waals surface area (Å²) in [5.74, 6) is -12.7. The summed E-state index contributed by atoms with van der Waals surface area (Å²) >= 11 is 0. The number of rotatable bonds is 4. The van der Waals surface area contributed by atoms with Crippen molar-refractivity contribution in [3.63, 3.8) is 0 Å². The molecular weight excluding hydrogens is 260 g/mol. The van der Waals surface area contributed by atoms with Gasteiger partial charge in [-0.15, -0.1) is 0 Å². The largest absolute Gasteiger partial charge is 0.481 e. The lowest BCUT2D eigenvalue weighted by Crippen LogP contribution is -2.47. The number of aliphatic carboxylic acids is 4. The molecule has 2 aliphatic carbocycles. The van der Waals surface area contributed by atoms with Crippen molar-refractivity contribution in [1.29, 1.82) is 0 Å². The predicted molar refractivity (Wildman–Crippen MR) is 56.1 cm³/mol. The topological polar surface area (TPSA) is 149 Å².